The quantitative estimate of drug-likeness (QED) is 0.316. The van der Waals surface area contributed by atoms with Crippen LogP contribution in [-0.2, 0) is 6.61 Å². The van der Waals surface area contributed by atoms with Gasteiger partial charge in [0.05, 0.1) is 5.39 Å². The molecule has 3 heterocycles. The van der Waals surface area contributed by atoms with Gasteiger partial charge in [-0.05, 0) is 36.2 Å². The van der Waals surface area contributed by atoms with E-state index in [0.717, 1.165) is 37.5 Å². The van der Waals surface area contributed by atoms with Crippen LogP contribution in [0.15, 0.2) is 58.0 Å². The fraction of sp³-hybridized carbons (Fsp3) is 0.136. The van der Waals surface area contributed by atoms with E-state index >= 15 is 0 Å². The third-order valence-electron chi connectivity index (χ3n) is 5.01. The van der Waals surface area contributed by atoms with Crippen molar-refractivity contribution < 1.29 is 9.15 Å². The fourth-order valence-corrected chi connectivity index (χ4v) is 4.53. The van der Waals surface area contributed by atoms with Gasteiger partial charge < -0.3 is 9.15 Å². The highest BCUT2D eigenvalue weighted by Crippen LogP contribution is 2.34. The van der Waals surface area contributed by atoms with Crippen LogP contribution < -0.4 is 10.4 Å². The number of nitrogens with zero attached hydrogens (tertiary/aromatic N) is 2. The topological polar surface area (TPSA) is 65.2 Å². The zero-order chi connectivity index (χ0) is 19.3. The number of fused-ring (bicyclic) bond motifs is 4. The molecule has 0 atom stereocenters. The Kier molecular flexibility index (Phi) is 3.87. The van der Waals surface area contributed by atoms with E-state index in [-0.39, 0.29) is 6.61 Å². The zero-order valence-corrected chi connectivity index (χ0v) is 16.2. The maximum absolute atomic E-state index is 12.1. The van der Waals surface area contributed by atoms with Crippen molar-refractivity contribution in [1.82, 2.24) is 9.97 Å². The van der Waals surface area contributed by atoms with Crippen LogP contribution in [0.25, 0.3) is 32.0 Å². The highest BCUT2D eigenvalue weighted by Gasteiger charge is 2.15. The van der Waals surface area contributed by atoms with Gasteiger partial charge in [-0.3, -0.25) is 0 Å². The van der Waals surface area contributed by atoms with Crippen molar-refractivity contribution in [3.63, 3.8) is 0 Å². The summed E-state index contributed by atoms with van der Waals surface area (Å²) in [5.74, 6) is 0.536. The minimum Gasteiger partial charge on any atom is -0.472 e. The van der Waals surface area contributed by atoms with Crippen molar-refractivity contribution in [2.24, 2.45) is 0 Å². The smallest absolute Gasteiger partial charge is 0.336 e. The van der Waals surface area contributed by atoms with Gasteiger partial charge in [0.25, 0.3) is 0 Å². The molecule has 5 rings (SSSR count). The monoisotopic (exact) mass is 388 g/mol. The summed E-state index contributed by atoms with van der Waals surface area (Å²) in [5, 5.41) is 3.93. The van der Waals surface area contributed by atoms with Crippen LogP contribution in [-0.4, -0.2) is 9.97 Å². The van der Waals surface area contributed by atoms with Gasteiger partial charge in [0.15, 0.2) is 0 Å². The summed E-state index contributed by atoms with van der Waals surface area (Å²) in [6.45, 7) is 4.33. The Hall–Kier alpha value is -3.25. The normalized spacial score (nSPS) is 11.5. The molecule has 2 aromatic carbocycles. The van der Waals surface area contributed by atoms with Crippen molar-refractivity contribution in [2.45, 2.75) is 20.5 Å². The Morgan fingerprint density at radius 2 is 1.93 bits per heavy atom. The molecule has 5 aromatic rings. The van der Waals surface area contributed by atoms with Gasteiger partial charge in [0, 0.05) is 21.9 Å². The lowest BCUT2D eigenvalue weighted by Gasteiger charge is -2.10. The molecule has 5 nitrogen and oxygen atoms in total. The molecular formula is C22H16N2O3S. The Balaban J connectivity index is 1.65. The molecule has 0 aliphatic heterocycles. The molecule has 0 aliphatic carbocycles. The number of aryl methyl sites for hydroxylation is 2. The molecule has 0 fully saturated rings. The van der Waals surface area contributed by atoms with Crippen LogP contribution in [0.1, 0.15) is 16.0 Å². The lowest BCUT2D eigenvalue weighted by atomic mass is 10.0. The number of benzene rings is 2. The third kappa shape index (κ3) is 2.65. The third-order valence-corrected chi connectivity index (χ3v) is 6.12. The molecule has 6 heteroatoms. The molecule has 138 valence electrons. The Morgan fingerprint density at radius 1 is 1.07 bits per heavy atom. The molecule has 3 aromatic heterocycles. The average molecular weight is 388 g/mol. The largest absolute Gasteiger partial charge is 0.472 e. The predicted molar refractivity (Wildman–Crippen MR) is 111 cm³/mol. The first kappa shape index (κ1) is 16.9. The van der Waals surface area contributed by atoms with E-state index in [1.54, 1.807) is 11.3 Å². The Labute approximate surface area is 164 Å². The second-order valence-electron chi connectivity index (χ2n) is 6.68. The lowest BCUT2D eigenvalue weighted by Crippen LogP contribution is -2.05. The van der Waals surface area contributed by atoms with Crippen molar-refractivity contribution in [3.05, 3.63) is 75.2 Å². The molecule has 0 aliphatic rings. The molecular weight excluding hydrogens is 372 g/mol. The second-order valence-corrected chi connectivity index (χ2v) is 7.88. The van der Waals surface area contributed by atoms with Gasteiger partial charge in [-0.15, -0.1) is 11.3 Å². The molecule has 28 heavy (non-hydrogen) atoms. The highest BCUT2D eigenvalue weighted by molar-refractivity contribution is 7.18. The fourth-order valence-electron chi connectivity index (χ4n) is 3.54. The molecule has 0 radical (unpaired) electrons. The molecule has 0 saturated heterocycles. The summed E-state index contributed by atoms with van der Waals surface area (Å²) in [6, 6.07) is 13.3. The molecule has 0 amide bonds. The van der Waals surface area contributed by atoms with E-state index in [9.17, 15) is 4.79 Å². The maximum atomic E-state index is 12.1. The first-order valence-corrected chi connectivity index (χ1v) is 9.71. The van der Waals surface area contributed by atoms with E-state index in [1.165, 1.54) is 17.3 Å². The number of rotatable bonds is 3. The standard InChI is InChI=1S/C22H16N2O3S/c1-12-13(2)28-22-19(12)21(23-11-24-22)26-10-15-9-18(25)27-17-8-7-14-5-3-4-6-16(14)20(15)17/h3-9,11H,10H2,1-2H3. The Morgan fingerprint density at radius 3 is 2.82 bits per heavy atom. The van der Waals surface area contributed by atoms with Gasteiger partial charge in [0.1, 0.15) is 23.3 Å². The average Bonchev–Trinajstić information content (AvgIpc) is 3.00. The van der Waals surface area contributed by atoms with Crippen LogP contribution in [0.4, 0.5) is 0 Å². The molecule has 0 unspecified atom stereocenters. The van der Waals surface area contributed by atoms with Gasteiger partial charge >= 0.3 is 5.63 Å². The highest BCUT2D eigenvalue weighted by atomic mass is 32.1. The van der Waals surface area contributed by atoms with E-state index in [4.69, 9.17) is 9.15 Å². The van der Waals surface area contributed by atoms with Gasteiger partial charge in [0.2, 0.25) is 5.88 Å². The minimum absolute atomic E-state index is 0.219. The maximum Gasteiger partial charge on any atom is 0.336 e. The number of hydrogen-bond donors (Lipinski definition) is 0. The van der Waals surface area contributed by atoms with E-state index in [2.05, 4.69) is 16.9 Å². The molecule has 0 N–H and O–H groups in total. The number of aromatic nitrogens is 2. The van der Waals surface area contributed by atoms with E-state index < -0.39 is 5.63 Å². The SMILES string of the molecule is Cc1sc2ncnc(OCc3cc(=O)oc4ccc5ccccc5c34)c2c1C. The van der Waals surface area contributed by atoms with E-state index in [1.807, 2.05) is 43.3 Å². The summed E-state index contributed by atoms with van der Waals surface area (Å²) >= 11 is 1.63. The molecule has 0 bridgehead atoms. The first-order chi connectivity index (χ1) is 13.6. The van der Waals surface area contributed by atoms with Crippen LogP contribution in [0, 0.1) is 13.8 Å². The summed E-state index contributed by atoms with van der Waals surface area (Å²) in [7, 11) is 0. The number of ether oxygens (including phenoxy) is 1. The predicted octanol–water partition coefficient (Wildman–Crippen LogP) is 5.15. The molecule has 0 spiro atoms. The number of thiophene rings is 1. The van der Waals surface area contributed by atoms with Crippen molar-refractivity contribution in [3.8, 4) is 5.88 Å². The van der Waals surface area contributed by atoms with Gasteiger partial charge in [-0.2, -0.15) is 0 Å². The van der Waals surface area contributed by atoms with Crippen molar-refractivity contribution >= 4 is 43.3 Å². The van der Waals surface area contributed by atoms with Crippen LogP contribution in [0.2, 0.25) is 0 Å². The molecule has 0 saturated carbocycles. The van der Waals surface area contributed by atoms with Crippen molar-refractivity contribution in [2.75, 3.05) is 0 Å². The lowest BCUT2D eigenvalue weighted by molar-refractivity contribution is 0.298. The van der Waals surface area contributed by atoms with Crippen molar-refractivity contribution in [1.29, 1.82) is 0 Å². The van der Waals surface area contributed by atoms with E-state index in [0.29, 0.717) is 11.5 Å². The van der Waals surface area contributed by atoms with Crippen LogP contribution >= 0.6 is 11.3 Å². The summed E-state index contributed by atoms with van der Waals surface area (Å²) in [6.07, 6.45) is 1.51. The summed E-state index contributed by atoms with van der Waals surface area (Å²) in [4.78, 5) is 22.9. The minimum atomic E-state index is -0.392. The number of hydrogen-bond acceptors (Lipinski definition) is 6. The van der Waals surface area contributed by atoms with Crippen LogP contribution in [0.3, 0.4) is 0 Å². The summed E-state index contributed by atoms with van der Waals surface area (Å²) in [5.41, 5.74) is 2.06. The summed E-state index contributed by atoms with van der Waals surface area (Å²) < 4.78 is 11.5. The van der Waals surface area contributed by atoms with Crippen LogP contribution in [0.5, 0.6) is 5.88 Å². The first-order valence-electron chi connectivity index (χ1n) is 8.90. The Bertz CT molecular complexity index is 1420. The van der Waals surface area contributed by atoms with Gasteiger partial charge in [-0.25, -0.2) is 14.8 Å². The van der Waals surface area contributed by atoms with Gasteiger partial charge in [-0.1, -0.05) is 30.3 Å². The zero-order valence-electron chi connectivity index (χ0n) is 15.4. The second kappa shape index (κ2) is 6.42.